The van der Waals surface area contributed by atoms with Crippen LogP contribution in [0.15, 0.2) is 77.9 Å². The van der Waals surface area contributed by atoms with Gasteiger partial charge in [-0.25, -0.2) is 0 Å². The summed E-state index contributed by atoms with van der Waals surface area (Å²) >= 11 is 3.62. The molecular weight excluding hydrogens is 1590 g/mol. The van der Waals surface area contributed by atoms with Crippen LogP contribution in [0.4, 0.5) is 0 Å². The third kappa shape index (κ3) is 39.7. The summed E-state index contributed by atoms with van der Waals surface area (Å²) in [5.74, 6) is 12.9. The lowest BCUT2D eigenvalue weighted by molar-refractivity contribution is 0.677. The van der Waals surface area contributed by atoms with Crippen LogP contribution in [0.3, 0.4) is 0 Å². The minimum Gasteiger partial charge on any atom is -0.354 e. The molecule has 0 atom stereocenters. The summed E-state index contributed by atoms with van der Waals surface area (Å²) in [5.41, 5.74) is 33.6. The van der Waals surface area contributed by atoms with Crippen molar-refractivity contribution < 1.29 is 0 Å². The van der Waals surface area contributed by atoms with Gasteiger partial charge in [-0.1, -0.05) is 305 Å². The summed E-state index contributed by atoms with van der Waals surface area (Å²) in [5, 5.41) is 0. The predicted molar refractivity (Wildman–Crippen MR) is 572 cm³/mol. The van der Waals surface area contributed by atoms with Crippen molar-refractivity contribution in [2.24, 2.45) is 75.3 Å². The molecule has 9 aromatic heterocycles. The summed E-state index contributed by atoms with van der Waals surface area (Å²) in [6.45, 7) is 109. The Morgan fingerprint density at radius 1 is 0.232 bits per heavy atom. The predicted octanol–water partition coefficient (Wildman–Crippen LogP) is 35.7. The van der Waals surface area contributed by atoms with Crippen molar-refractivity contribution in [2.45, 2.75) is 446 Å². The molecule has 0 aliphatic heterocycles. The third-order valence-corrected chi connectivity index (χ3v) is 23.7. The highest BCUT2D eigenvalue weighted by molar-refractivity contribution is 9.10. The number of hydrogen-bond acceptors (Lipinski definition) is 0. The van der Waals surface area contributed by atoms with Crippen LogP contribution in [0.1, 0.15) is 541 Å². The smallest absolute Gasteiger partial charge is 0.0390 e. The molecule has 125 heavy (non-hydrogen) atoms. The van der Waals surface area contributed by atoms with E-state index in [2.05, 4.69) is 519 Å². The lowest BCUT2D eigenvalue weighted by atomic mass is 9.95. The van der Waals surface area contributed by atoms with E-state index in [0.29, 0.717) is 107 Å². The largest absolute Gasteiger partial charge is 0.354 e. The number of hydrogen-bond donors (Lipinski definition) is 0. The maximum Gasteiger partial charge on any atom is 0.0390 e. The van der Waals surface area contributed by atoms with Crippen molar-refractivity contribution in [3.8, 4) is 0 Å². The van der Waals surface area contributed by atoms with Gasteiger partial charge in [0.1, 0.15) is 0 Å². The van der Waals surface area contributed by atoms with Crippen LogP contribution in [0.5, 0.6) is 0 Å². The Kier molecular flexibility index (Phi) is 59.6. The van der Waals surface area contributed by atoms with Gasteiger partial charge in [0.15, 0.2) is 0 Å². The summed E-state index contributed by atoms with van der Waals surface area (Å²) in [4.78, 5) is 0. The van der Waals surface area contributed by atoms with Crippen molar-refractivity contribution in [3.63, 3.8) is 0 Å². The van der Waals surface area contributed by atoms with Crippen molar-refractivity contribution >= 4 is 24.3 Å². The molecule has 0 spiro atoms. The molecule has 0 fully saturated rings. The molecule has 9 rings (SSSR count). The fourth-order valence-corrected chi connectivity index (χ4v) is 18.3. The molecule has 0 amide bonds. The van der Waals surface area contributed by atoms with Crippen LogP contribution in [0.2, 0.25) is 0 Å². The van der Waals surface area contributed by atoms with Crippen LogP contribution in [0.25, 0.3) is 0 Å². The number of aromatic nitrogens is 9. The molecule has 0 saturated carbocycles. The Bertz CT molecular complexity index is 4100. The van der Waals surface area contributed by atoms with Crippen molar-refractivity contribution in [1.82, 2.24) is 41.1 Å². The molecule has 11 heteroatoms. The Morgan fingerprint density at radius 2 is 0.560 bits per heavy atom. The van der Waals surface area contributed by atoms with Crippen LogP contribution in [-0.4, -0.2) is 49.5 Å². The summed E-state index contributed by atoms with van der Waals surface area (Å²) in [6.07, 6.45) is 11.1. The van der Waals surface area contributed by atoms with Crippen molar-refractivity contribution in [1.29, 1.82) is 0 Å². The van der Waals surface area contributed by atoms with E-state index < -0.39 is 0 Å². The van der Waals surface area contributed by atoms with E-state index in [4.69, 9.17) is 0 Å². The van der Waals surface area contributed by atoms with E-state index in [1.165, 1.54) is 134 Å². The van der Waals surface area contributed by atoms with Gasteiger partial charge in [-0.15, -0.1) is 0 Å². The minimum atomic E-state index is 0. The number of nitrogens with zero attached hydrogens (tertiary/aromatic N) is 9. The molecule has 0 bridgehead atoms. The first-order valence-corrected chi connectivity index (χ1v) is 49.6. The first kappa shape index (κ1) is 125. The fraction of sp³-hybridized carbons (Fsp3) is 0.684. The van der Waals surface area contributed by atoms with Crippen molar-refractivity contribution in [3.05, 3.63) is 208 Å². The van der Waals surface area contributed by atoms with E-state index in [1.807, 2.05) is 13.8 Å². The molecule has 9 aromatic rings. The average molecular weight is 1790 g/mol. The normalized spacial score (nSPS) is 11.3. The Balaban J connectivity index is -0.000000649. The van der Waals surface area contributed by atoms with Gasteiger partial charge in [-0.05, 0) is 267 Å². The van der Waals surface area contributed by atoms with Crippen LogP contribution >= 0.6 is 15.9 Å². The zero-order valence-corrected chi connectivity index (χ0v) is 95.0. The first-order valence-electron chi connectivity index (χ1n) is 48.9. The second kappa shape index (κ2) is 59.4. The van der Waals surface area contributed by atoms with E-state index in [9.17, 15) is 0 Å². The van der Waals surface area contributed by atoms with Gasteiger partial charge in [0.25, 0.3) is 0 Å². The molecule has 0 saturated heterocycles. The molecule has 717 valence electrons. The second-order valence-corrected chi connectivity index (χ2v) is 43.3. The van der Waals surface area contributed by atoms with Crippen molar-refractivity contribution in [2.75, 3.05) is 0 Å². The second-order valence-electron chi connectivity index (χ2n) is 42.4. The monoisotopic (exact) mass is 1790 g/mol. The van der Waals surface area contributed by atoms with Gasteiger partial charge in [-0.3, -0.25) is 0 Å². The zero-order chi connectivity index (χ0) is 98.1. The van der Waals surface area contributed by atoms with E-state index in [-0.39, 0.29) is 8.41 Å². The average Bonchev–Trinajstić information content (AvgIpc) is 1.65. The van der Waals surface area contributed by atoms with Crippen LogP contribution < -0.4 is 0 Å². The molecule has 9 nitrogen and oxygen atoms in total. The molecular formula is C114H206BBrN9. The van der Waals surface area contributed by atoms with E-state index in [0.717, 1.165) is 11.8 Å². The van der Waals surface area contributed by atoms with E-state index in [1.54, 1.807) is 0 Å². The molecule has 0 aliphatic rings. The quantitative estimate of drug-likeness (QED) is 0.0769. The lowest BCUT2D eigenvalue weighted by Gasteiger charge is -2.14. The molecule has 3 radical (unpaired) electrons. The Morgan fingerprint density at radius 3 is 0.760 bits per heavy atom. The minimum absolute atomic E-state index is 0. The van der Waals surface area contributed by atoms with Crippen LogP contribution in [-0.2, 0) is 63.4 Å². The topological polar surface area (TPSA) is 44.4 Å². The Hall–Kier alpha value is -5.94. The fourth-order valence-electron chi connectivity index (χ4n) is 17.4. The molecule has 0 aromatic carbocycles. The summed E-state index contributed by atoms with van der Waals surface area (Å²) in [7, 11) is 19.3. The highest BCUT2D eigenvalue weighted by Gasteiger charge is 2.23. The number of rotatable bonds is 18. The number of aryl methyl sites for hydroxylation is 6. The third-order valence-electron chi connectivity index (χ3n) is 23.0. The van der Waals surface area contributed by atoms with Gasteiger partial charge in [0, 0.05) is 181 Å². The lowest BCUT2D eigenvalue weighted by Crippen LogP contribution is -2.03. The highest BCUT2D eigenvalue weighted by atomic mass is 79.9. The molecule has 0 unspecified atom stereocenters. The van der Waals surface area contributed by atoms with E-state index >= 15 is 0 Å². The summed E-state index contributed by atoms with van der Waals surface area (Å²) in [6, 6.07) is 15.9. The Labute approximate surface area is 788 Å². The maximum atomic E-state index is 3.62. The molecule has 0 N–H and O–H groups in total. The maximum absolute atomic E-state index is 3.62. The first-order chi connectivity index (χ1) is 56.7. The molecule has 9 heterocycles. The highest BCUT2D eigenvalue weighted by Crippen LogP contribution is 2.36. The van der Waals surface area contributed by atoms with Gasteiger partial charge in [0.05, 0.1) is 0 Å². The van der Waals surface area contributed by atoms with Gasteiger partial charge < -0.3 is 41.1 Å². The standard InChI is InChI=1S/C13H23N.3C12H21N.C11H18BrN.4C11H19N.2C4H10.C2H6.B/c1-8(2)12-10(5)13(9(3)4)14(7)11(12)6;1-8(2)11-7-13(6)12(9(3)4)10(11)5;1-8(2)11-7-12(9(3)4)13(6)10(11)5;1-8(2)11-10(5)7-13(6)12(11)9(3)4;1-7(2)10-6-9(12)11(8(3)4)13(10)5;2*1-8(2)10-6-11(9(3)4)12(5)7-10;1-8(2)10-6-7-12(5)11(10)9(3)4;1-8(2)10-6-7-11(9(3)4)12(10)5;2*1-4(2)3;1-2;/h8-9H,1-7H3;3*7-9H,1-6H3;6-8H,1-5H3;4*6-9H,1-5H3;2*4H,1-3H3;1-2H3;. The summed E-state index contributed by atoms with van der Waals surface area (Å²) < 4.78 is 21.8. The van der Waals surface area contributed by atoms with Gasteiger partial charge in [0.2, 0.25) is 0 Å². The number of halogens is 1. The zero-order valence-electron chi connectivity index (χ0n) is 93.5. The SMILES string of the molecule is CC.CC(C)C.CC(C)C.CC(C)c1cc(Br)c(C(C)C)n1C.CC(C)c1cc(C(C)C)n(C)c1.CC(C)c1cc(C(C)C)n(C)c1.CC(C)c1ccc(C(C)C)n1C.CC(C)c1ccn(C)c1C(C)C.Cc1c(C(C)C)c(C)n(C)c1C(C)C.Cc1c(C(C)C)cc(C(C)C)n1C.Cc1c(C(C)C)cn(C)c1C(C)C.Cc1cn(C)c(C(C)C)c1C(C)C.[B]. The van der Waals surface area contributed by atoms with Gasteiger partial charge in [-0.2, -0.15) is 0 Å². The van der Waals surface area contributed by atoms with Gasteiger partial charge >= 0.3 is 0 Å². The van der Waals surface area contributed by atoms with Crippen LogP contribution in [0, 0.1) is 46.5 Å². The molecule has 0 aliphatic carbocycles.